The van der Waals surface area contributed by atoms with Crippen molar-refractivity contribution in [3.05, 3.63) is 65.7 Å². The van der Waals surface area contributed by atoms with Gasteiger partial charge in [-0.15, -0.1) is 0 Å². The molecule has 0 aliphatic carbocycles. The lowest BCUT2D eigenvalue weighted by atomic mass is 9.73. The molecule has 4 rings (SSSR count). The van der Waals surface area contributed by atoms with Crippen LogP contribution >= 0.6 is 0 Å². The molecule has 0 radical (unpaired) electrons. The van der Waals surface area contributed by atoms with Crippen LogP contribution in [0.5, 0.6) is 0 Å². The Labute approximate surface area is 143 Å². The van der Waals surface area contributed by atoms with Crippen molar-refractivity contribution < 1.29 is 9.53 Å². The highest BCUT2D eigenvalue weighted by atomic mass is 16.5. The van der Waals surface area contributed by atoms with E-state index in [1.807, 2.05) is 29.2 Å². The molecule has 0 aromatic heterocycles. The largest absolute Gasteiger partial charge is 0.381 e. The average Bonchev–Trinajstić information content (AvgIpc) is 2.98. The van der Waals surface area contributed by atoms with Crippen molar-refractivity contribution in [3.8, 4) is 0 Å². The number of benzene rings is 2. The Hall–Kier alpha value is -2.13. The van der Waals surface area contributed by atoms with Gasteiger partial charge in [-0.25, -0.2) is 0 Å². The van der Waals surface area contributed by atoms with Crippen molar-refractivity contribution in [2.75, 3.05) is 18.1 Å². The monoisotopic (exact) mass is 321 g/mol. The van der Waals surface area contributed by atoms with Crippen molar-refractivity contribution in [3.63, 3.8) is 0 Å². The van der Waals surface area contributed by atoms with E-state index >= 15 is 0 Å². The molecule has 0 N–H and O–H groups in total. The number of hydrogen-bond donors (Lipinski definition) is 0. The van der Waals surface area contributed by atoms with Gasteiger partial charge in [0.1, 0.15) is 0 Å². The Kier molecular flexibility index (Phi) is 3.89. The number of anilines is 1. The molecular formula is C21H23NO2. The van der Waals surface area contributed by atoms with Crippen LogP contribution in [0.4, 0.5) is 5.69 Å². The van der Waals surface area contributed by atoms with Gasteiger partial charge in [-0.1, -0.05) is 48.5 Å². The fraction of sp³-hybridized carbons (Fsp3) is 0.381. The molecule has 1 saturated heterocycles. The second-order valence-corrected chi connectivity index (χ2v) is 6.92. The first-order valence-corrected chi connectivity index (χ1v) is 8.77. The second kappa shape index (κ2) is 6.06. The normalized spacial score (nSPS) is 22.2. The molecule has 2 aliphatic rings. The lowest BCUT2D eigenvalue weighted by Gasteiger charge is -2.40. The summed E-state index contributed by atoms with van der Waals surface area (Å²) in [7, 11) is 0. The van der Waals surface area contributed by atoms with Crippen LogP contribution in [0.1, 0.15) is 30.9 Å². The smallest absolute Gasteiger partial charge is 0.238 e. The van der Waals surface area contributed by atoms with E-state index in [1.54, 1.807) is 0 Å². The number of fused-ring (bicyclic) bond motifs is 1. The van der Waals surface area contributed by atoms with E-state index < -0.39 is 5.41 Å². The highest BCUT2D eigenvalue weighted by molar-refractivity contribution is 6.03. The molecule has 2 aliphatic heterocycles. The molecule has 2 aromatic carbocycles. The molecule has 3 heteroatoms. The number of carbonyl (C=O) groups is 1. The molecule has 0 bridgehead atoms. The highest BCUT2D eigenvalue weighted by Gasteiger charge is 2.47. The SMILES string of the molecule is C[C@@H]1Cc2ccccc2N1C(=O)C1(c2ccccc2)CCOCC1. The number of ether oxygens (including phenoxy) is 1. The number of hydrogen-bond acceptors (Lipinski definition) is 2. The Bertz CT molecular complexity index is 735. The molecular weight excluding hydrogens is 298 g/mol. The first-order chi connectivity index (χ1) is 11.7. The standard InChI is InChI=1S/C21H23NO2/c1-16-15-17-7-5-6-10-19(17)22(16)20(23)21(11-13-24-14-12-21)18-8-3-2-4-9-18/h2-10,16H,11-15H2,1H3/t16-/m1/s1. The summed E-state index contributed by atoms with van der Waals surface area (Å²) in [5.41, 5.74) is 3.01. The van der Waals surface area contributed by atoms with Crippen LogP contribution in [0, 0.1) is 0 Å². The van der Waals surface area contributed by atoms with E-state index in [0.29, 0.717) is 13.2 Å². The van der Waals surface area contributed by atoms with Gasteiger partial charge < -0.3 is 9.64 Å². The molecule has 0 spiro atoms. The summed E-state index contributed by atoms with van der Waals surface area (Å²) in [5.74, 6) is 0.231. The van der Waals surface area contributed by atoms with Gasteiger partial charge in [0, 0.05) is 24.9 Å². The number of rotatable bonds is 2. The van der Waals surface area contributed by atoms with Gasteiger partial charge in [-0.2, -0.15) is 0 Å². The van der Waals surface area contributed by atoms with Crippen molar-refractivity contribution >= 4 is 11.6 Å². The minimum absolute atomic E-state index is 0.207. The van der Waals surface area contributed by atoms with E-state index in [2.05, 4.69) is 37.3 Å². The van der Waals surface area contributed by atoms with Gasteiger partial charge in [-0.3, -0.25) is 4.79 Å². The van der Waals surface area contributed by atoms with E-state index in [1.165, 1.54) is 5.56 Å². The minimum atomic E-state index is -0.467. The quantitative estimate of drug-likeness (QED) is 0.844. The minimum Gasteiger partial charge on any atom is -0.381 e. The molecule has 1 fully saturated rings. The molecule has 0 unspecified atom stereocenters. The lowest BCUT2D eigenvalue weighted by molar-refractivity contribution is -0.128. The molecule has 2 heterocycles. The zero-order chi connectivity index (χ0) is 16.6. The molecule has 2 aromatic rings. The topological polar surface area (TPSA) is 29.5 Å². The van der Waals surface area contributed by atoms with Crippen LogP contribution in [-0.4, -0.2) is 25.2 Å². The third-order valence-electron chi connectivity index (χ3n) is 5.51. The summed E-state index contributed by atoms with van der Waals surface area (Å²) in [5, 5.41) is 0. The predicted molar refractivity (Wildman–Crippen MR) is 95.3 cm³/mol. The second-order valence-electron chi connectivity index (χ2n) is 6.92. The third kappa shape index (κ3) is 2.35. The molecule has 124 valence electrons. The van der Waals surface area contributed by atoms with Crippen LogP contribution < -0.4 is 4.90 Å². The maximum atomic E-state index is 13.8. The maximum Gasteiger partial charge on any atom is 0.238 e. The molecule has 0 saturated carbocycles. The van der Waals surface area contributed by atoms with Crippen LogP contribution in [0.3, 0.4) is 0 Å². The van der Waals surface area contributed by atoms with Crippen LogP contribution in [0.15, 0.2) is 54.6 Å². The number of para-hydroxylation sites is 1. The third-order valence-corrected chi connectivity index (χ3v) is 5.51. The van der Waals surface area contributed by atoms with Gasteiger partial charge >= 0.3 is 0 Å². The van der Waals surface area contributed by atoms with Gasteiger partial charge in [0.15, 0.2) is 0 Å². The fourth-order valence-corrected chi connectivity index (χ4v) is 4.21. The Morgan fingerprint density at radius 3 is 2.46 bits per heavy atom. The zero-order valence-corrected chi connectivity index (χ0v) is 14.1. The number of nitrogens with zero attached hydrogens (tertiary/aromatic N) is 1. The van der Waals surface area contributed by atoms with Crippen molar-refractivity contribution in [1.82, 2.24) is 0 Å². The van der Waals surface area contributed by atoms with Gasteiger partial charge in [0.2, 0.25) is 5.91 Å². The average molecular weight is 321 g/mol. The number of amides is 1. The Balaban J connectivity index is 1.78. The summed E-state index contributed by atoms with van der Waals surface area (Å²) in [6.45, 7) is 3.44. The first kappa shape index (κ1) is 15.4. The predicted octanol–water partition coefficient (Wildman–Crippen LogP) is 3.71. The fourth-order valence-electron chi connectivity index (χ4n) is 4.21. The summed E-state index contributed by atoms with van der Waals surface area (Å²) in [4.78, 5) is 15.8. The van der Waals surface area contributed by atoms with Gasteiger partial charge in [-0.05, 0) is 43.4 Å². The lowest BCUT2D eigenvalue weighted by Crippen LogP contribution is -2.51. The van der Waals surface area contributed by atoms with E-state index in [4.69, 9.17) is 4.74 Å². The summed E-state index contributed by atoms with van der Waals surface area (Å²) < 4.78 is 5.58. The van der Waals surface area contributed by atoms with Crippen molar-refractivity contribution in [2.45, 2.75) is 37.6 Å². The molecule has 24 heavy (non-hydrogen) atoms. The zero-order valence-electron chi connectivity index (χ0n) is 14.1. The highest BCUT2D eigenvalue weighted by Crippen LogP contribution is 2.41. The van der Waals surface area contributed by atoms with Crippen LogP contribution in [-0.2, 0) is 21.4 Å². The van der Waals surface area contributed by atoms with E-state index in [0.717, 1.165) is 30.5 Å². The van der Waals surface area contributed by atoms with E-state index in [-0.39, 0.29) is 11.9 Å². The maximum absolute atomic E-state index is 13.8. The Morgan fingerprint density at radius 1 is 1.04 bits per heavy atom. The van der Waals surface area contributed by atoms with Crippen molar-refractivity contribution in [2.24, 2.45) is 0 Å². The molecule has 3 nitrogen and oxygen atoms in total. The molecule has 1 atom stereocenters. The van der Waals surface area contributed by atoms with Gasteiger partial charge in [0.25, 0.3) is 0 Å². The molecule has 1 amide bonds. The first-order valence-electron chi connectivity index (χ1n) is 8.77. The number of carbonyl (C=O) groups excluding carboxylic acids is 1. The van der Waals surface area contributed by atoms with Gasteiger partial charge in [0.05, 0.1) is 5.41 Å². The van der Waals surface area contributed by atoms with Crippen molar-refractivity contribution in [1.29, 1.82) is 0 Å². The van der Waals surface area contributed by atoms with Crippen LogP contribution in [0.25, 0.3) is 0 Å². The summed E-state index contributed by atoms with van der Waals surface area (Å²) in [6, 6.07) is 18.8. The summed E-state index contributed by atoms with van der Waals surface area (Å²) in [6.07, 6.45) is 2.44. The van der Waals surface area contributed by atoms with Crippen LogP contribution in [0.2, 0.25) is 0 Å². The summed E-state index contributed by atoms with van der Waals surface area (Å²) >= 11 is 0. The van der Waals surface area contributed by atoms with E-state index in [9.17, 15) is 4.79 Å². The Morgan fingerprint density at radius 2 is 1.71 bits per heavy atom.